The van der Waals surface area contributed by atoms with E-state index in [9.17, 15) is 9.59 Å². The normalized spacial score (nSPS) is 10.6. The summed E-state index contributed by atoms with van der Waals surface area (Å²) in [6.07, 6.45) is 0.487. The summed E-state index contributed by atoms with van der Waals surface area (Å²) in [5.41, 5.74) is 0.180. The van der Waals surface area contributed by atoms with Gasteiger partial charge in [-0.25, -0.2) is 9.78 Å². The molecule has 0 aromatic carbocycles. The number of carbonyl (C=O) groups excluding carboxylic acids is 2. The van der Waals surface area contributed by atoms with Gasteiger partial charge < -0.3 is 14.6 Å². The lowest BCUT2D eigenvalue weighted by molar-refractivity contribution is -0.116. The van der Waals surface area contributed by atoms with Crippen molar-refractivity contribution in [2.75, 3.05) is 11.9 Å². The van der Waals surface area contributed by atoms with Crippen LogP contribution in [0.3, 0.4) is 0 Å². The number of esters is 1. The third-order valence-corrected chi connectivity index (χ3v) is 4.63. The Labute approximate surface area is 150 Å². The highest BCUT2D eigenvalue weighted by Gasteiger charge is 2.15. The largest absolute Gasteiger partial charge is 0.461 e. The number of rotatable bonds is 7. The fraction of sp³-hybridized carbons (Fsp3) is 0.267. The zero-order valence-corrected chi connectivity index (χ0v) is 14.9. The summed E-state index contributed by atoms with van der Waals surface area (Å²) in [4.78, 5) is 32.7. The first kappa shape index (κ1) is 17.2. The van der Waals surface area contributed by atoms with Crippen molar-refractivity contribution in [3.8, 4) is 10.7 Å². The number of amides is 1. The molecule has 1 amide bonds. The number of hydrogen-bond acceptors (Lipinski definition) is 9. The smallest absolute Gasteiger partial charge is 0.357 e. The van der Waals surface area contributed by atoms with Crippen molar-refractivity contribution in [3.05, 3.63) is 34.5 Å². The Bertz CT molecular complexity index is 857. The number of anilines is 1. The summed E-state index contributed by atoms with van der Waals surface area (Å²) < 4.78 is 9.99. The fourth-order valence-electron chi connectivity index (χ4n) is 1.89. The molecule has 130 valence electrons. The molecule has 0 fully saturated rings. The maximum atomic E-state index is 12.0. The number of nitrogens with zero attached hydrogens (tertiary/aromatic N) is 3. The van der Waals surface area contributed by atoms with E-state index in [1.807, 2.05) is 17.5 Å². The number of aryl methyl sites for hydroxylation is 1. The van der Waals surface area contributed by atoms with Crippen LogP contribution in [0.1, 0.15) is 29.7 Å². The molecule has 0 saturated carbocycles. The second-order valence-corrected chi connectivity index (χ2v) is 6.60. The van der Waals surface area contributed by atoms with Gasteiger partial charge in [-0.15, -0.1) is 22.7 Å². The van der Waals surface area contributed by atoms with E-state index in [4.69, 9.17) is 9.26 Å². The lowest BCUT2D eigenvalue weighted by atomic mass is 10.3. The molecule has 10 heteroatoms. The Balaban J connectivity index is 1.51. The van der Waals surface area contributed by atoms with E-state index in [-0.39, 0.29) is 24.6 Å². The molecule has 25 heavy (non-hydrogen) atoms. The van der Waals surface area contributed by atoms with Crippen molar-refractivity contribution in [1.29, 1.82) is 0 Å². The highest BCUT2D eigenvalue weighted by atomic mass is 32.1. The van der Waals surface area contributed by atoms with Gasteiger partial charge in [0.25, 0.3) is 0 Å². The van der Waals surface area contributed by atoms with Crippen molar-refractivity contribution >= 4 is 39.7 Å². The van der Waals surface area contributed by atoms with E-state index in [0.29, 0.717) is 23.3 Å². The summed E-state index contributed by atoms with van der Waals surface area (Å²) in [5, 5.41) is 10.3. The molecule has 0 unspecified atom stereocenters. The SMILES string of the molecule is CCOC(=O)c1csc(NC(=O)CCc2nc(-c3cccs3)no2)n1. The minimum Gasteiger partial charge on any atom is -0.461 e. The molecule has 0 atom stereocenters. The summed E-state index contributed by atoms with van der Waals surface area (Å²) in [6, 6.07) is 3.80. The molecule has 0 aliphatic rings. The molecule has 8 nitrogen and oxygen atoms in total. The van der Waals surface area contributed by atoms with Gasteiger partial charge in [-0.3, -0.25) is 4.79 Å². The highest BCUT2D eigenvalue weighted by molar-refractivity contribution is 7.14. The molecule has 0 aliphatic heterocycles. The third-order valence-electron chi connectivity index (χ3n) is 3.01. The monoisotopic (exact) mass is 378 g/mol. The van der Waals surface area contributed by atoms with Crippen LogP contribution in [0.2, 0.25) is 0 Å². The minimum atomic E-state index is -0.508. The van der Waals surface area contributed by atoms with E-state index in [2.05, 4.69) is 20.4 Å². The second kappa shape index (κ2) is 7.99. The number of carbonyl (C=O) groups is 2. The van der Waals surface area contributed by atoms with E-state index in [0.717, 1.165) is 16.2 Å². The van der Waals surface area contributed by atoms with Crippen LogP contribution in [-0.2, 0) is 16.0 Å². The summed E-state index contributed by atoms with van der Waals surface area (Å²) >= 11 is 2.68. The Morgan fingerprint density at radius 1 is 1.32 bits per heavy atom. The molecular formula is C15H14N4O4S2. The predicted molar refractivity (Wildman–Crippen MR) is 92.6 cm³/mol. The molecule has 0 bridgehead atoms. The highest BCUT2D eigenvalue weighted by Crippen LogP contribution is 2.21. The number of ether oxygens (including phenoxy) is 1. The molecule has 3 aromatic rings. The maximum absolute atomic E-state index is 12.0. The fourth-order valence-corrected chi connectivity index (χ4v) is 3.24. The van der Waals surface area contributed by atoms with Gasteiger partial charge in [0.05, 0.1) is 11.5 Å². The minimum absolute atomic E-state index is 0.167. The van der Waals surface area contributed by atoms with Gasteiger partial charge in [-0.05, 0) is 18.4 Å². The first-order chi connectivity index (χ1) is 12.2. The average Bonchev–Trinajstić information content (AvgIpc) is 3.34. The van der Waals surface area contributed by atoms with Crippen molar-refractivity contribution in [2.45, 2.75) is 19.8 Å². The predicted octanol–water partition coefficient (Wildman–Crippen LogP) is 3.00. The molecule has 0 saturated heterocycles. The number of thiazole rings is 1. The Morgan fingerprint density at radius 3 is 2.96 bits per heavy atom. The lowest BCUT2D eigenvalue weighted by Gasteiger charge is -1.99. The van der Waals surface area contributed by atoms with Crippen LogP contribution in [0, 0.1) is 0 Å². The topological polar surface area (TPSA) is 107 Å². The Kier molecular flexibility index (Phi) is 5.51. The van der Waals surface area contributed by atoms with Crippen molar-refractivity contribution in [3.63, 3.8) is 0 Å². The quantitative estimate of drug-likeness (QED) is 0.630. The van der Waals surface area contributed by atoms with Gasteiger partial charge in [0.1, 0.15) is 0 Å². The van der Waals surface area contributed by atoms with Crippen LogP contribution in [0.4, 0.5) is 5.13 Å². The maximum Gasteiger partial charge on any atom is 0.357 e. The molecule has 0 aliphatic carbocycles. The van der Waals surface area contributed by atoms with E-state index >= 15 is 0 Å². The Morgan fingerprint density at radius 2 is 2.20 bits per heavy atom. The Hall–Kier alpha value is -2.59. The van der Waals surface area contributed by atoms with Gasteiger partial charge in [0.2, 0.25) is 17.6 Å². The van der Waals surface area contributed by atoms with Crippen LogP contribution in [0.5, 0.6) is 0 Å². The number of hydrogen-bond donors (Lipinski definition) is 1. The van der Waals surface area contributed by atoms with Gasteiger partial charge in [-0.2, -0.15) is 4.98 Å². The molecule has 3 heterocycles. The molecule has 3 aromatic heterocycles. The van der Waals surface area contributed by atoms with Crippen molar-refractivity contribution < 1.29 is 18.8 Å². The van der Waals surface area contributed by atoms with Crippen LogP contribution >= 0.6 is 22.7 Å². The lowest BCUT2D eigenvalue weighted by Crippen LogP contribution is -2.13. The van der Waals surface area contributed by atoms with Gasteiger partial charge in [0, 0.05) is 18.2 Å². The number of nitrogens with one attached hydrogen (secondary N) is 1. The molecule has 0 radical (unpaired) electrons. The van der Waals surface area contributed by atoms with E-state index in [1.165, 1.54) is 11.3 Å². The number of aromatic nitrogens is 3. The van der Waals surface area contributed by atoms with Gasteiger partial charge >= 0.3 is 5.97 Å². The molecular weight excluding hydrogens is 364 g/mol. The molecule has 1 N–H and O–H groups in total. The average molecular weight is 378 g/mol. The summed E-state index contributed by atoms with van der Waals surface area (Å²) in [6.45, 7) is 1.99. The molecule has 0 spiro atoms. The third kappa shape index (κ3) is 4.48. The standard InChI is InChI=1S/C15H14N4O4S2/c1-2-22-14(21)9-8-25-15(16-9)17-11(20)5-6-12-18-13(19-23-12)10-4-3-7-24-10/h3-4,7-8H,2,5-6H2,1H3,(H,16,17,20). The number of thiophene rings is 1. The van der Waals surface area contributed by atoms with Crippen LogP contribution in [0.25, 0.3) is 10.7 Å². The summed E-state index contributed by atoms with van der Waals surface area (Å²) in [7, 11) is 0. The van der Waals surface area contributed by atoms with Gasteiger partial charge in [0.15, 0.2) is 10.8 Å². The van der Waals surface area contributed by atoms with Crippen LogP contribution < -0.4 is 5.32 Å². The first-order valence-electron chi connectivity index (χ1n) is 7.44. The van der Waals surface area contributed by atoms with Crippen molar-refractivity contribution in [2.24, 2.45) is 0 Å². The molecule has 3 rings (SSSR count). The van der Waals surface area contributed by atoms with E-state index < -0.39 is 5.97 Å². The second-order valence-electron chi connectivity index (χ2n) is 4.80. The summed E-state index contributed by atoms with van der Waals surface area (Å²) in [5.74, 6) is 0.154. The first-order valence-corrected chi connectivity index (χ1v) is 9.20. The van der Waals surface area contributed by atoms with E-state index in [1.54, 1.807) is 12.3 Å². The van der Waals surface area contributed by atoms with Crippen LogP contribution in [-0.4, -0.2) is 33.6 Å². The van der Waals surface area contributed by atoms with Crippen LogP contribution in [0.15, 0.2) is 27.4 Å². The zero-order valence-electron chi connectivity index (χ0n) is 13.2. The van der Waals surface area contributed by atoms with Gasteiger partial charge in [-0.1, -0.05) is 11.2 Å². The van der Waals surface area contributed by atoms with Crippen molar-refractivity contribution in [1.82, 2.24) is 15.1 Å². The zero-order chi connectivity index (χ0) is 17.6.